The van der Waals surface area contributed by atoms with Crippen molar-refractivity contribution >= 4 is 35.0 Å². The first-order chi connectivity index (χ1) is 6.74. The van der Waals surface area contributed by atoms with Crippen LogP contribution in [-0.2, 0) is 0 Å². The van der Waals surface area contributed by atoms with E-state index in [-0.39, 0.29) is 0 Å². The lowest BCUT2D eigenvalue weighted by Crippen LogP contribution is -1.87. The lowest BCUT2D eigenvalue weighted by atomic mass is 10.3. The Kier molecular flexibility index (Phi) is 5.60. The standard InChI is InChI=1S/C9H12Cl2N2S/c1-2-3-4-5-14-7-6-8(10)12-13-9(7)11/h6H,2-5H2,1H3. The summed E-state index contributed by atoms with van der Waals surface area (Å²) in [4.78, 5) is 0.919. The van der Waals surface area contributed by atoms with Gasteiger partial charge in [-0.15, -0.1) is 22.0 Å². The molecule has 1 aromatic rings. The van der Waals surface area contributed by atoms with E-state index in [4.69, 9.17) is 23.2 Å². The molecule has 0 aromatic carbocycles. The Bertz CT molecular complexity index is 294. The Morgan fingerprint density at radius 2 is 2.07 bits per heavy atom. The van der Waals surface area contributed by atoms with Gasteiger partial charge < -0.3 is 0 Å². The maximum Gasteiger partial charge on any atom is 0.165 e. The van der Waals surface area contributed by atoms with E-state index in [0.29, 0.717) is 10.3 Å². The van der Waals surface area contributed by atoms with Crippen LogP contribution < -0.4 is 0 Å². The SMILES string of the molecule is CCCCCSc1cc(Cl)nnc1Cl. The molecule has 0 aliphatic carbocycles. The number of hydrogen-bond donors (Lipinski definition) is 0. The van der Waals surface area contributed by atoms with Gasteiger partial charge in [0.15, 0.2) is 10.3 Å². The van der Waals surface area contributed by atoms with Crippen molar-refractivity contribution in [2.24, 2.45) is 0 Å². The fraction of sp³-hybridized carbons (Fsp3) is 0.556. The Balaban J connectivity index is 2.45. The van der Waals surface area contributed by atoms with E-state index in [1.54, 1.807) is 17.8 Å². The number of aromatic nitrogens is 2. The molecule has 0 radical (unpaired) electrons. The quantitative estimate of drug-likeness (QED) is 0.582. The molecule has 0 N–H and O–H groups in total. The first-order valence-corrected chi connectivity index (χ1v) is 6.29. The predicted octanol–water partition coefficient (Wildman–Crippen LogP) is 4.07. The zero-order valence-corrected chi connectivity index (χ0v) is 10.3. The molecule has 0 atom stereocenters. The van der Waals surface area contributed by atoms with Gasteiger partial charge >= 0.3 is 0 Å². The van der Waals surface area contributed by atoms with Gasteiger partial charge in [-0.25, -0.2) is 0 Å². The third kappa shape index (κ3) is 4.03. The van der Waals surface area contributed by atoms with Crippen LogP contribution in [0.5, 0.6) is 0 Å². The Hall–Kier alpha value is 0.01000. The Labute approximate surface area is 98.4 Å². The van der Waals surface area contributed by atoms with Gasteiger partial charge in [0.1, 0.15) is 0 Å². The van der Waals surface area contributed by atoms with Crippen molar-refractivity contribution in [1.82, 2.24) is 10.2 Å². The summed E-state index contributed by atoms with van der Waals surface area (Å²) >= 11 is 13.2. The molecule has 5 heteroatoms. The van der Waals surface area contributed by atoms with Crippen molar-refractivity contribution in [2.45, 2.75) is 31.1 Å². The van der Waals surface area contributed by atoms with Crippen LogP contribution in [0.1, 0.15) is 26.2 Å². The summed E-state index contributed by atoms with van der Waals surface area (Å²) in [5.74, 6) is 1.05. The van der Waals surface area contributed by atoms with E-state index in [2.05, 4.69) is 17.1 Å². The Morgan fingerprint density at radius 1 is 1.29 bits per heavy atom. The monoisotopic (exact) mass is 250 g/mol. The van der Waals surface area contributed by atoms with Crippen molar-refractivity contribution in [3.8, 4) is 0 Å². The second-order valence-corrected chi connectivity index (χ2v) is 4.76. The molecule has 0 saturated carbocycles. The molecule has 0 spiro atoms. The van der Waals surface area contributed by atoms with E-state index in [0.717, 1.165) is 10.6 Å². The summed E-state index contributed by atoms with van der Waals surface area (Å²) in [5.41, 5.74) is 0. The van der Waals surface area contributed by atoms with Crippen LogP contribution in [0.25, 0.3) is 0 Å². The fourth-order valence-corrected chi connectivity index (χ4v) is 2.36. The summed E-state index contributed by atoms with van der Waals surface area (Å²) in [6, 6.07) is 1.76. The summed E-state index contributed by atoms with van der Waals surface area (Å²) in [5, 5.41) is 8.23. The van der Waals surface area contributed by atoms with Gasteiger partial charge in [-0.1, -0.05) is 43.0 Å². The van der Waals surface area contributed by atoms with E-state index in [1.165, 1.54) is 19.3 Å². The van der Waals surface area contributed by atoms with Crippen LogP contribution in [-0.4, -0.2) is 16.0 Å². The minimum absolute atomic E-state index is 0.396. The summed E-state index contributed by atoms with van der Waals surface area (Å²) in [6.45, 7) is 2.18. The largest absolute Gasteiger partial charge is 0.165 e. The van der Waals surface area contributed by atoms with E-state index in [1.807, 2.05) is 0 Å². The van der Waals surface area contributed by atoms with E-state index in [9.17, 15) is 0 Å². The molecule has 1 aromatic heterocycles. The van der Waals surface area contributed by atoms with E-state index >= 15 is 0 Å². The zero-order chi connectivity index (χ0) is 10.4. The minimum atomic E-state index is 0.396. The molecule has 0 bridgehead atoms. The maximum atomic E-state index is 5.86. The predicted molar refractivity (Wildman–Crippen MR) is 62.3 cm³/mol. The first-order valence-electron chi connectivity index (χ1n) is 4.55. The minimum Gasteiger partial charge on any atom is -0.137 e. The normalized spacial score (nSPS) is 10.5. The smallest absolute Gasteiger partial charge is 0.137 e. The highest BCUT2D eigenvalue weighted by Crippen LogP contribution is 2.27. The molecular formula is C9H12Cl2N2S. The van der Waals surface area contributed by atoms with Crippen molar-refractivity contribution in [2.75, 3.05) is 5.75 Å². The molecule has 0 aliphatic rings. The molecule has 0 amide bonds. The third-order valence-corrected chi connectivity index (χ3v) is 3.38. The van der Waals surface area contributed by atoms with Crippen molar-refractivity contribution in [1.29, 1.82) is 0 Å². The van der Waals surface area contributed by atoms with Crippen molar-refractivity contribution in [3.63, 3.8) is 0 Å². The average molecular weight is 251 g/mol. The molecule has 14 heavy (non-hydrogen) atoms. The molecule has 1 heterocycles. The van der Waals surface area contributed by atoms with Gasteiger partial charge in [0.05, 0.1) is 0 Å². The van der Waals surface area contributed by atoms with Crippen LogP contribution in [0.15, 0.2) is 11.0 Å². The first kappa shape index (κ1) is 12.1. The lowest BCUT2D eigenvalue weighted by Gasteiger charge is -2.02. The number of halogens is 2. The second-order valence-electron chi connectivity index (χ2n) is 2.88. The highest BCUT2D eigenvalue weighted by atomic mass is 35.5. The molecular weight excluding hydrogens is 239 g/mol. The van der Waals surface area contributed by atoms with Gasteiger partial charge in [-0.3, -0.25) is 0 Å². The second kappa shape index (κ2) is 6.49. The number of rotatable bonds is 5. The lowest BCUT2D eigenvalue weighted by molar-refractivity contribution is 0.778. The van der Waals surface area contributed by atoms with Gasteiger partial charge in [-0.05, 0) is 18.2 Å². The Morgan fingerprint density at radius 3 is 2.79 bits per heavy atom. The van der Waals surface area contributed by atoms with Crippen LogP contribution in [0, 0.1) is 0 Å². The van der Waals surface area contributed by atoms with Crippen molar-refractivity contribution in [3.05, 3.63) is 16.4 Å². The molecule has 1 rings (SSSR count). The molecule has 0 unspecified atom stereocenters. The number of unbranched alkanes of at least 4 members (excludes halogenated alkanes) is 2. The molecule has 0 saturated heterocycles. The number of thioether (sulfide) groups is 1. The summed E-state index contributed by atoms with van der Waals surface area (Å²) in [7, 11) is 0. The summed E-state index contributed by atoms with van der Waals surface area (Å²) in [6.07, 6.45) is 3.66. The maximum absolute atomic E-state index is 5.86. The topological polar surface area (TPSA) is 25.8 Å². The van der Waals surface area contributed by atoms with Gasteiger partial charge in [0, 0.05) is 4.90 Å². The molecule has 78 valence electrons. The van der Waals surface area contributed by atoms with Crippen LogP contribution in [0.4, 0.5) is 0 Å². The third-order valence-electron chi connectivity index (χ3n) is 1.69. The highest BCUT2D eigenvalue weighted by molar-refractivity contribution is 7.99. The number of nitrogens with zero attached hydrogens (tertiary/aromatic N) is 2. The molecule has 2 nitrogen and oxygen atoms in total. The summed E-state index contributed by atoms with van der Waals surface area (Å²) < 4.78 is 0. The fourth-order valence-electron chi connectivity index (χ4n) is 0.973. The van der Waals surface area contributed by atoms with E-state index < -0.39 is 0 Å². The zero-order valence-electron chi connectivity index (χ0n) is 7.96. The van der Waals surface area contributed by atoms with Crippen LogP contribution in [0.3, 0.4) is 0 Å². The van der Waals surface area contributed by atoms with Crippen molar-refractivity contribution < 1.29 is 0 Å². The van der Waals surface area contributed by atoms with Gasteiger partial charge in [0.2, 0.25) is 0 Å². The van der Waals surface area contributed by atoms with Crippen LogP contribution >= 0.6 is 35.0 Å². The van der Waals surface area contributed by atoms with Gasteiger partial charge in [0.25, 0.3) is 0 Å². The molecule has 0 aliphatic heterocycles. The number of hydrogen-bond acceptors (Lipinski definition) is 3. The highest BCUT2D eigenvalue weighted by Gasteiger charge is 2.03. The average Bonchev–Trinajstić information content (AvgIpc) is 2.18. The van der Waals surface area contributed by atoms with Crippen LogP contribution in [0.2, 0.25) is 10.3 Å². The molecule has 0 fully saturated rings. The van der Waals surface area contributed by atoms with Gasteiger partial charge in [-0.2, -0.15) is 0 Å².